The van der Waals surface area contributed by atoms with Crippen LogP contribution in [0.15, 0.2) is 48.7 Å². The molecular weight excluding hydrogens is 326 g/mol. The van der Waals surface area contributed by atoms with Gasteiger partial charge >= 0.3 is 0 Å². The molecule has 24 heavy (non-hydrogen) atoms. The number of nitrogens with zero attached hydrogens (tertiary/aromatic N) is 4. The number of pyridine rings is 1. The summed E-state index contributed by atoms with van der Waals surface area (Å²) in [5.41, 5.74) is 6.50. The van der Waals surface area contributed by atoms with Crippen LogP contribution in [0.5, 0.6) is 0 Å². The highest BCUT2D eigenvalue weighted by Gasteiger charge is 2.22. The van der Waals surface area contributed by atoms with Crippen molar-refractivity contribution >= 4 is 34.0 Å². The van der Waals surface area contributed by atoms with Crippen LogP contribution < -0.4 is 10.6 Å². The molecule has 0 saturated heterocycles. The molecule has 0 radical (unpaired) electrons. The van der Waals surface area contributed by atoms with E-state index >= 15 is 0 Å². The molecule has 0 fully saturated rings. The van der Waals surface area contributed by atoms with Gasteiger partial charge in [0, 0.05) is 20.2 Å². The Hall–Kier alpha value is -3.13. The predicted octanol–water partition coefficient (Wildman–Crippen LogP) is 2.27. The number of carbonyl (C=O) groups is 2. The molecule has 0 saturated carbocycles. The summed E-state index contributed by atoms with van der Waals surface area (Å²) in [4.78, 5) is 30.1. The summed E-state index contributed by atoms with van der Waals surface area (Å²) in [6.45, 7) is 0. The smallest absolute Gasteiger partial charge is 0.259 e. The SMILES string of the molecule is CN(C(=O)c1ccccc1)c1nnc(C(=O)c2cccnc2N)s1.[HH]. The Kier molecular flexibility index (Phi) is 4.30. The molecule has 1 amide bonds. The van der Waals surface area contributed by atoms with Crippen molar-refractivity contribution in [1.82, 2.24) is 15.2 Å². The van der Waals surface area contributed by atoms with Gasteiger partial charge in [0.2, 0.25) is 10.9 Å². The van der Waals surface area contributed by atoms with Crippen molar-refractivity contribution in [1.29, 1.82) is 0 Å². The second-order valence-electron chi connectivity index (χ2n) is 4.89. The van der Waals surface area contributed by atoms with Crippen LogP contribution in [-0.4, -0.2) is 33.9 Å². The maximum Gasteiger partial charge on any atom is 0.259 e. The third kappa shape index (κ3) is 2.99. The first kappa shape index (κ1) is 15.8. The maximum atomic E-state index is 12.4. The van der Waals surface area contributed by atoms with Crippen molar-refractivity contribution < 1.29 is 11.0 Å². The second-order valence-corrected chi connectivity index (χ2v) is 5.84. The third-order valence-corrected chi connectivity index (χ3v) is 4.30. The number of anilines is 2. The average Bonchev–Trinajstić information content (AvgIpc) is 3.11. The first-order valence-corrected chi connectivity index (χ1v) is 7.81. The van der Waals surface area contributed by atoms with E-state index in [1.807, 2.05) is 6.07 Å². The lowest BCUT2D eigenvalue weighted by Crippen LogP contribution is -2.25. The Morgan fingerprint density at radius 2 is 1.88 bits per heavy atom. The molecule has 0 bridgehead atoms. The molecular formula is C16H15N5O2S. The van der Waals surface area contributed by atoms with Gasteiger partial charge in [-0.25, -0.2) is 4.98 Å². The Bertz CT molecular complexity index is 900. The van der Waals surface area contributed by atoms with Crippen LogP contribution in [0.3, 0.4) is 0 Å². The molecule has 0 unspecified atom stereocenters. The standard InChI is InChI=1S/C16H13N5O2S.H2/c1-21(15(23)10-6-3-2-4-7-10)16-20-19-14(24-16)12(22)11-8-5-9-18-13(11)17;/h2-9H,1H3,(H2,17,18);1H. The minimum atomic E-state index is -0.370. The maximum absolute atomic E-state index is 12.4. The van der Waals surface area contributed by atoms with E-state index in [-0.39, 0.29) is 29.5 Å². The molecule has 0 aliphatic heterocycles. The van der Waals surface area contributed by atoms with E-state index in [2.05, 4.69) is 15.2 Å². The molecule has 8 heteroatoms. The van der Waals surface area contributed by atoms with E-state index in [1.165, 1.54) is 11.1 Å². The van der Waals surface area contributed by atoms with Crippen molar-refractivity contribution in [3.63, 3.8) is 0 Å². The van der Waals surface area contributed by atoms with Gasteiger partial charge in [-0.15, -0.1) is 10.2 Å². The molecule has 2 aromatic heterocycles. The number of carbonyl (C=O) groups excluding carboxylic acids is 2. The highest BCUT2D eigenvalue weighted by atomic mass is 32.1. The summed E-state index contributed by atoms with van der Waals surface area (Å²) in [5.74, 6) is -0.468. The lowest BCUT2D eigenvalue weighted by Gasteiger charge is -2.12. The lowest BCUT2D eigenvalue weighted by atomic mass is 10.2. The number of hydrogen-bond acceptors (Lipinski definition) is 7. The van der Waals surface area contributed by atoms with Crippen LogP contribution in [0, 0.1) is 0 Å². The molecule has 0 atom stereocenters. The highest BCUT2D eigenvalue weighted by Crippen LogP contribution is 2.24. The van der Waals surface area contributed by atoms with Gasteiger partial charge in [0.25, 0.3) is 5.91 Å². The summed E-state index contributed by atoms with van der Waals surface area (Å²) in [6, 6.07) is 12.0. The molecule has 0 spiro atoms. The van der Waals surface area contributed by atoms with Crippen molar-refractivity contribution in [2.45, 2.75) is 0 Å². The normalized spacial score (nSPS) is 10.4. The number of nitrogen functional groups attached to an aromatic ring is 1. The van der Waals surface area contributed by atoms with Crippen molar-refractivity contribution in [3.8, 4) is 0 Å². The largest absolute Gasteiger partial charge is 0.383 e. The first-order chi connectivity index (χ1) is 11.6. The fourth-order valence-corrected chi connectivity index (χ4v) is 2.79. The van der Waals surface area contributed by atoms with E-state index in [0.29, 0.717) is 10.7 Å². The monoisotopic (exact) mass is 341 g/mol. The van der Waals surface area contributed by atoms with Crippen LogP contribution >= 0.6 is 11.3 Å². The number of benzene rings is 1. The fraction of sp³-hybridized carbons (Fsp3) is 0.0625. The van der Waals surface area contributed by atoms with E-state index in [1.54, 1.807) is 43.4 Å². The van der Waals surface area contributed by atoms with Crippen LogP contribution in [0.1, 0.15) is 27.2 Å². The zero-order valence-electron chi connectivity index (χ0n) is 12.7. The van der Waals surface area contributed by atoms with Crippen molar-refractivity contribution in [2.24, 2.45) is 0 Å². The van der Waals surface area contributed by atoms with Gasteiger partial charge in [-0.3, -0.25) is 14.5 Å². The Labute approximate surface area is 143 Å². The first-order valence-electron chi connectivity index (χ1n) is 6.99. The lowest BCUT2D eigenvalue weighted by molar-refractivity contribution is 0.0991. The summed E-state index contributed by atoms with van der Waals surface area (Å²) in [5, 5.41) is 8.28. The van der Waals surface area contributed by atoms with Gasteiger partial charge in [0.05, 0.1) is 5.56 Å². The van der Waals surface area contributed by atoms with Crippen LogP contribution in [0.25, 0.3) is 0 Å². The molecule has 0 aliphatic rings. The van der Waals surface area contributed by atoms with Gasteiger partial charge in [-0.2, -0.15) is 0 Å². The van der Waals surface area contributed by atoms with Crippen LogP contribution in [0.4, 0.5) is 10.9 Å². The van der Waals surface area contributed by atoms with Crippen molar-refractivity contribution in [3.05, 3.63) is 64.8 Å². The quantitative estimate of drug-likeness (QED) is 0.730. The van der Waals surface area contributed by atoms with Gasteiger partial charge in [0.1, 0.15) is 5.82 Å². The van der Waals surface area contributed by atoms with Crippen LogP contribution in [-0.2, 0) is 0 Å². The number of hydrogen-bond donors (Lipinski definition) is 1. The second kappa shape index (κ2) is 6.55. The molecule has 122 valence electrons. The van der Waals surface area contributed by atoms with Gasteiger partial charge in [-0.05, 0) is 24.3 Å². The average molecular weight is 341 g/mol. The van der Waals surface area contributed by atoms with E-state index < -0.39 is 0 Å². The minimum Gasteiger partial charge on any atom is -0.383 e. The minimum absolute atomic E-state index is 0. The van der Waals surface area contributed by atoms with Crippen LogP contribution in [0.2, 0.25) is 0 Å². The van der Waals surface area contributed by atoms with E-state index in [0.717, 1.165) is 11.3 Å². The number of aromatic nitrogens is 3. The molecule has 2 heterocycles. The van der Waals surface area contributed by atoms with Gasteiger partial charge in [-0.1, -0.05) is 29.5 Å². The number of ketones is 1. The molecule has 1 aromatic carbocycles. The summed E-state index contributed by atoms with van der Waals surface area (Å²) >= 11 is 1.03. The number of nitrogens with two attached hydrogens (primary N) is 1. The zero-order valence-corrected chi connectivity index (χ0v) is 13.5. The van der Waals surface area contributed by atoms with Gasteiger partial charge in [0.15, 0.2) is 5.01 Å². The van der Waals surface area contributed by atoms with E-state index in [9.17, 15) is 9.59 Å². The third-order valence-electron chi connectivity index (χ3n) is 3.30. The molecule has 7 nitrogen and oxygen atoms in total. The summed E-state index contributed by atoms with van der Waals surface area (Å²) < 4.78 is 0. The summed E-state index contributed by atoms with van der Waals surface area (Å²) in [7, 11) is 1.59. The molecule has 0 aliphatic carbocycles. The van der Waals surface area contributed by atoms with Crippen molar-refractivity contribution in [2.75, 3.05) is 17.7 Å². The molecule has 3 aromatic rings. The number of amides is 1. The van der Waals surface area contributed by atoms with E-state index in [4.69, 9.17) is 5.73 Å². The highest BCUT2D eigenvalue weighted by molar-refractivity contribution is 7.17. The number of rotatable bonds is 4. The topological polar surface area (TPSA) is 102 Å². The predicted molar refractivity (Wildman–Crippen MR) is 93.3 cm³/mol. The Morgan fingerprint density at radius 3 is 2.58 bits per heavy atom. The summed E-state index contributed by atoms with van der Waals surface area (Å²) in [6.07, 6.45) is 1.50. The molecule has 2 N–H and O–H groups in total. The van der Waals surface area contributed by atoms with Gasteiger partial charge < -0.3 is 5.73 Å². The fourth-order valence-electron chi connectivity index (χ4n) is 2.03. The Morgan fingerprint density at radius 1 is 1.12 bits per heavy atom. The molecule has 3 rings (SSSR count). The zero-order chi connectivity index (χ0) is 17.1. The Balaban J connectivity index is 0.00000225.